The molecule has 4 atom stereocenters. The Hall–Kier alpha value is -3.99. The number of fused-ring (bicyclic) bond motifs is 2. The minimum Gasteiger partial charge on any atom is -0.325 e. The number of nitrogens with one attached hydrogen (secondary N) is 1. The number of aryl methyl sites for hydroxylation is 2. The van der Waals surface area contributed by atoms with Gasteiger partial charge < -0.3 is 10.2 Å². The molecule has 4 aromatic rings. The van der Waals surface area contributed by atoms with E-state index in [1.807, 2.05) is 37.3 Å². The van der Waals surface area contributed by atoms with Gasteiger partial charge in [0.05, 0.1) is 5.52 Å². The number of ketones is 1. The number of piperidine rings is 1. The highest BCUT2D eigenvalue weighted by molar-refractivity contribution is 9.10. The van der Waals surface area contributed by atoms with Crippen molar-refractivity contribution in [3.8, 4) is 11.1 Å². The molecule has 0 spiro atoms. The van der Waals surface area contributed by atoms with Gasteiger partial charge in [0.2, 0.25) is 11.8 Å². The zero-order valence-corrected chi connectivity index (χ0v) is 30.0. The summed E-state index contributed by atoms with van der Waals surface area (Å²) >= 11 is 3.47. The van der Waals surface area contributed by atoms with E-state index in [0.29, 0.717) is 45.2 Å². The Labute approximate surface area is 290 Å². The average Bonchev–Trinajstić information content (AvgIpc) is 3.52. The molecule has 2 amide bonds. The van der Waals surface area contributed by atoms with Crippen LogP contribution in [0.4, 0.5) is 5.82 Å². The lowest BCUT2D eigenvalue weighted by atomic mass is 9.84. The maximum atomic E-state index is 14.3. The van der Waals surface area contributed by atoms with Crippen molar-refractivity contribution >= 4 is 50.2 Å². The monoisotopic (exact) mass is 713 g/mol. The van der Waals surface area contributed by atoms with E-state index in [-0.39, 0.29) is 35.6 Å². The number of carbonyl (C=O) groups excluding carboxylic acids is 3. The van der Waals surface area contributed by atoms with Crippen molar-refractivity contribution in [2.45, 2.75) is 105 Å². The van der Waals surface area contributed by atoms with Crippen LogP contribution >= 0.6 is 15.9 Å². The second-order valence-electron chi connectivity index (χ2n) is 13.5. The predicted molar refractivity (Wildman–Crippen MR) is 189 cm³/mol. The molecule has 3 aromatic heterocycles. The number of rotatable bonds is 13. The molecule has 0 radical (unpaired) electrons. The van der Waals surface area contributed by atoms with Crippen molar-refractivity contribution in [3.05, 3.63) is 64.4 Å². The summed E-state index contributed by atoms with van der Waals surface area (Å²) in [6.45, 7) is 9.81. The summed E-state index contributed by atoms with van der Waals surface area (Å²) in [5, 5.41) is 8.41. The molecule has 1 saturated carbocycles. The topological polar surface area (TPSA) is 123 Å². The fourth-order valence-corrected chi connectivity index (χ4v) is 7.79. The molecule has 0 bridgehead atoms. The van der Waals surface area contributed by atoms with Crippen LogP contribution in [0, 0.1) is 18.3 Å². The number of Topliss-reactive ketones (excluding diaryl/α,β-unsaturated/α-hetero) is 1. The van der Waals surface area contributed by atoms with Crippen molar-refractivity contribution in [1.29, 1.82) is 0 Å². The van der Waals surface area contributed by atoms with Gasteiger partial charge in [0.15, 0.2) is 5.78 Å². The third-order valence-electron chi connectivity index (χ3n) is 10.5. The molecule has 10 nitrogen and oxygen atoms in total. The summed E-state index contributed by atoms with van der Waals surface area (Å²) in [5.41, 5.74) is 3.58. The lowest BCUT2D eigenvalue weighted by molar-refractivity contribution is -0.138. The van der Waals surface area contributed by atoms with E-state index >= 15 is 0 Å². The summed E-state index contributed by atoms with van der Waals surface area (Å²) in [6.07, 6.45) is 11.3. The van der Waals surface area contributed by atoms with Crippen LogP contribution in [0.5, 0.6) is 0 Å². The van der Waals surface area contributed by atoms with Crippen LogP contribution in [0.2, 0.25) is 0 Å². The van der Waals surface area contributed by atoms with E-state index in [0.717, 1.165) is 55.2 Å². The van der Waals surface area contributed by atoms with Crippen LogP contribution in [0.1, 0.15) is 94.5 Å². The van der Waals surface area contributed by atoms with Crippen LogP contribution < -0.4 is 5.32 Å². The molecule has 48 heavy (non-hydrogen) atoms. The Morgan fingerprint density at radius 2 is 1.81 bits per heavy atom. The number of hydrogen-bond donors (Lipinski definition) is 1. The van der Waals surface area contributed by atoms with Gasteiger partial charge in [-0.25, -0.2) is 15.0 Å². The first kappa shape index (κ1) is 33.9. The molecule has 252 valence electrons. The van der Waals surface area contributed by atoms with Gasteiger partial charge in [0, 0.05) is 36.3 Å². The van der Waals surface area contributed by atoms with E-state index in [1.54, 1.807) is 22.0 Å². The largest absolute Gasteiger partial charge is 0.325 e. The molecule has 1 N–H and O–H groups in total. The first-order valence-corrected chi connectivity index (χ1v) is 17.9. The zero-order chi connectivity index (χ0) is 34.2. The van der Waals surface area contributed by atoms with Gasteiger partial charge in [-0.05, 0) is 89.2 Å². The van der Waals surface area contributed by atoms with Gasteiger partial charge in [0.1, 0.15) is 34.5 Å². The van der Waals surface area contributed by atoms with Crippen molar-refractivity contribution in [3.63, 3.8) is 0 Å². The van der Waals surface area contributed by atoms with Crippen molar-refractivity contribution in [1.82, 2.24) is 29.6 Å². The molecule has 1 saturated heterocycles. The molecule has 1 aliphatic heterocycles. The molecule has 2 aliphatic rings. The molecule has 4 heterocycles. The number of pyridine rings is 1. The van der Waals surface area contributed by atoms with Crippen LogP contribution in [-0.4, -0.2) is 59.3 Å². The lowest BCUT2D eigenvalue weighted by Crippen LogP contribution is -2.47. The van der Waals surface area contributed by atoms with E-state index in [1.165, 1.54) is 13.3 Å². The van der Waals surface area contributed by atoms with Gasteiger partial charge in [-0.3, -0.25) is 19.1 Å². The molecule has 2 fully saturated rings. The molecule has 11 heteroatoms. The Bertz CT molecular complexity index is 1860. The fraction of sp³-hybridized carbons (Fsp3) is 0.486. The summed E-state index contributed by atoms with van der Waals surface area (Å²) in [5.74, 6) is 1.02. The van der Waals surface area contributed by atoms with Gasteiger partial charge in [-0.2, -0.15) is 5.10 Å². The summed E-state index contributed by atoms with van der Waals surface area (Å²) in [6, 6.07) is 9.00. The third kappa shape index (κ3) is 6.53. The van der Waals surface area contributed by atoms with Crippen molar-refractivity contribution in [2.75, 3.05) is 5.32 Å². The van der Waals surface area contributed by atoms with Gasteiger partial charge >= 0.3 is 0 Å². The number of aromatic nitrogens is 5. The second kappa shape index (κ2) is 13.9. The second-order valence-corrected chi connectivity index (χ2v) is 14.4. The third-order valence-corrected chi connectivity index (χ3v) is 10.9. The quantitative estimate of drug-likeness (QED) is 0.0874. The normalized spacial score (nSPS) is 20.5. The average molecular weight is 715 g/mol. The van der Waals surface area contributed by atoms with Crippen molar-refractivity contribution in [2.24, 2.45) is 11.3 Å². The van der Waals surface area contributed by atoms with Gasteiger partial charge in [-0.15, -0.1) is 0 Å². The Morgan fingerprint density at radius 1 is 1.04 bits per heavy atom. The Morgan fingerprint density at radius 3 is 2.52 bits per heavy atom. The maximum Gasteiger partial charge on any atom is 0.248 e. The van der Waals surface area contributed by atoms with E-state index in [2.05, 4.69) is 62.1 Å². The molecule has 1 unspecified atom stereocenters. The van der Waals surface area contributed by atoms with Crippen LogP contribution in [-0.2, 0) is 22.6 Å². The number of likely N-dealkylation sites (tertiary alicyclic amines) is 1. The first-order chi connectivity index (χ1) is 23.1. The Balaban J connectivity index is 1.28. The Kier molecular flexibility index (Phi) is 9.79. The minimum absolute atomic E-state index is 0.0121. The van der Waals surface area contributed by atoms with Gasteiger partial charge in [-0.1, -0.05) is 58.6 Å². The van der Waals surface area contributed by atoms with E-state index in [9.17, 15) is 14.4 Å². The number of carbonyl (C=O) groups is 3. The number of unbranched alkanes of at least 4 members (excludes halogenated alkanes) is 3. The minimum atomic E-state index is -0.624. The zero-order valence-electron chi connectivity index (χ0n) is 28.4. The highest BCUT2D eigenvalue weighted by Crippen LogP contribution is 2.64. The highest BCUT2D eigenvalue weighted by Gasteiger charge is 2.68. The maximum absolute atomic E-state index is 14.3. The van der Waals surface area contributed by atoms with Crippen LogP contribution in [0.15, 0.2) is 47.3 Å². The molecule has 6 rings (SSSR count). The van der Waals surface area contributed by atoms with Crippen LogP contribution in [0.25, 0.3) is 22.0 Å². The standard InChI is InChI=1S/C37H44BrN7O3/c1-6-8-9-10-11-25-13-15-32(38)41-35(25)42-36(48)30-17-37(22(3)7-2)18-31(37)45(30)33(47)21-44-29-14-12-26(27-19-39-24(5)40-20-27)16-28(29)34(43-44)23(4)46/h12-16,19-20,22,30-31H,6-11,17-18,21H2,1-5H3,(H,41,42,48)/t22?,30-,31+,37-/m0/s1. The molecular weight excluding hydrogens is 670 g/mol. The molecule has 1 aromatic carbocycles. The summed E-state index contributed by atoms with van der Waals surface area (Å²) < 4.78 is 2.26. The number of anilines is 1. The van der Waals surface area contributed by atoms with Gasteiger partial charge in [0.25, 0.3) is 0 Å². The highest BCUT2D eigenvalue weighted by atomic mass is 79.9. The predicted octanol–water partition coefficient (Wildman–Crippen LogP) is 7.33. The van der Waals surface area contributed by atoms with E-state index < -0.39 is 6.04 Å². The summed E-state index contributed by atoms with van der Waals surface area (Å²) in [7, 11) is 0. The number of nitrogens with zero attached hydrogens (tertiary/aromatic N) is 6. The smallest absolute Gasteiger partial charge is 0.248 e. The fourth-order valence-electron chi connectivity index (χ4n) is 7.48. The van der Waals surface area contributed by atoms with Crippen molar-refractivity contribution < 1.29 is 14.4 Å². The summed E-state index contributed by atoms with van der Waals surface area (Å²) in [4.78, 5) is 56.2. The first-order valence-electron chi connectivity index (χ1n) is 17.1. The number of hydrogen-bond acceptors (Lipinski definition) is 7. The number of benzene rings is 1. The number of amides is 2. The SMILES string of the molecule is CCCCCCc1ccc(Br)nc1NC(=O)[C@@H]1C[C@@]2(C(C)CC)C[C@H]2N1C(=O)Cn1nc(C(C)=O)c2cc(-c3cnc(C)nc3)ccc21. The van der Waals surface area contributed by atoms with Crippen LogP contribution in [0.3, 0.4) is 0 Å². The number of halogens is 1. The molecule has 1 aliphatic carbocycles. The lowest BCUT2D eigenvalue weighted by Gasteiger charge is -2.27. The van der Waals surface area contributed by atoms with E-state index in [4.69, 9.17) is 0 Å². The molecular formula is C37H44BrN7O3.